The fourth-order valence-corrected chi connectivity index (χ4v) is 7.34. The number of carbonyl (C=O) groups excluding carboxylic acids is 2. The number of rotatable bonds is 3. The molecule has 2 saturated carbocycles. The average Bonchev–Trinajstić information content (AvgIpc) is 3.33. The van der Waals surface area contributed by atoms with E-state index in [-0.39, 0.29) is 13.0 Å². The minimum atomic E-state index is -4.77. The van der Waals surface area contributed by atoms with E-state index in [0.29, 0.717) is 0 Å². The van der Waals surface area contributed by atoms with Gasteiger partial charge in [0.15, 0.2) is 5.78 Å². The molecule has 1 spiro atoms. The molecule has 2 unspecified atom stereocenters. The molecule has 11 heteroatoms. The number of carbonyl (C=O) groups is 2. The number of ether oxygens (including phenoxy) is 3. The van der Waals surface area contributed by atoms with Crippen LogP contribution in [0.5, 0.6) is 0 Å². The number of hydrogen-bond donors (Lipinski definition) is 3. The van der Waals surface area contributed by atoms with Crippen LogP contribution in [0.25, 0.3) is 0 Å². The lowest BCUT2D eigenvalue weighted by atomic mass is 9.49. The Balaban J connectivity index is 1.93. The van der Waals surface area contributed by atoms with E-state index in [9.17, 15) is 32.8 Å². The van der Waals surface area contributed by atoms with E-state index < -0.39 is 80.5 Å². The van der Waals surface area contributed by atoms with Crippen molar-refractivity contribution in [1.82, 2.24) is 0 Å². The molecule has 10 nitrogen and oxygen atoms in total. The van der Waals surface area contributed by atoms with Crippen molar-refractivity contribution in [2.75, 3.05) is 13.2 Å². The van der Waals surface area contributed by atoms with Crippen molar-refractivity contribution in [2.45, 2.75) is 62.5 Å². The molecule has 0 aromatic rings. The number of fused-ring (bicyclic) bond motifs is 2. The molecule has 0 radical (unpaired) electrons. The number of hydrogen-bond acceptors (Lipinski definition) is 9. The minimum Gasteiger partial charge on any atom is -0.460 e. The summed E-state index contributed by atoms with van der Waals surface area (Å²) < 4.78 is 51.3. The molecule has 158 valence electrons. The van der Waals surface area contributed by atoms with Crippen LogP contribution in [0.1, 0.15) is 27.2 Å². The Bertz CT molecular complexity index is 835. The zero-order chi connectivity index (χ0) is 20.9. The Morgan fingerprint density at radius 2 is 1.96 bits per heavy atom. The third-order valence-electron chi connectivity index (χ3n) is 7.54. The lowest BCUT2D eigenvalue weighted by Crippen LogP contribution is -2.76. The molecular formula is C17H24O10S. The van der Waals surface area contributed by atoms with Gasteiger partial charge in [0, 0.05) is 18.3 Å². The van der Waals surface area contributed by atoms with Gasteiger partial charge in [0.05, 0.1) is 24.7 Å². The summed E-state index contributed by atoms with van der Waals surface area (Å²) >= 11 is 0. The maximum Gasteiger partial charge on any atom is 0.302 e. The predicted octanol–water partition coefficient (Wildman–Crippen LogP) is -1.32. The molecule has 0 aromatic heterocycles. The van der Waals surface area contributed by atoms with Crippen molar-refractivity contribution in [2.24, 2.45) is 16.7 Å². The highest BCUT2D eigenvalue weighted by Crippen LogP contribution is 2.72. The fraction of sp³-hybridized carbons (Fsp3) is 0.882. The molecular weight excluding hydrogens is 396 g/mol. The molecule has 9 atom stereocenters. The van der Waals surface area contributed by atoms with Gasteiger partial charge in [-0.3, -0.25) is 14.1 Å². The first-order valence-electron chi connectivity index (χ1n) is 9.13. The first kappa shape index (κ1) is 20.2. The highest BCUT2D eigenvalue weighted by molar-refractivity contribution is 7.86. The van der Waals surface area contributed by atoms with Crippen molar-refractivity contribution in [3.8, 4) is 0 Å². The third-order valence-corrected chi connectivity index (χ3v) is 8.89. The van der Waals surface area contributed by atoms with Crippen LogP contribution in [0.15, 0.2) is 0 Å². The highest BCUT2D eigenvalue weighted by Gasteiger charge is 2.85. The van der Waals surface area contributed by atoms with Crippen LogP contribution in [0.4, 0.5) is 0 Å². The number of Topliss-reactive ketones (excluding diaryl/α,β-unsaturated/α-hetero) is 1. The lowest BCUT2D eigenvalue weighted by Gasteiger charge is -2.61. The zero-order valence-electron chi connectivity index (χ0n) is 15.7. The number of epoxide rings is 1. The molecule has 2 bridgehead atoms. The minimum absolute atomic E-state index is 0.102. The van der Waals surface area contributed by atoms with Crippen LogP contribution in [0, 0.1) is 16.7 Å². The second kappa shape index (κ2) is 5.73. The molecule has 4 rings (SSSR count). The van der Waals surface area contributed by atoms with Gasteiger partial charge in [-0.05, 0) is 6.42 Å². The lowest BCUT2D eigenvalue weighted by molar-refractivity contribution is -0.267. The normalized spacial score (nSPS) is 52.4. The third kappa shape index (κ3) is 2.12. The molecule has 4 fully saturated rings. The first-order valence-corrected chi connectivity index (χ1v) is 10.6. The Morgan fingerprint density at radius 3 is 2.43 bits per heavy atom. The molecule has 2 aliphatic carbocycles. The molecule has 0 amide bonds. The van der Waals surface area contributed by atoms with Crippen molar-refractivity contribution in [1.29, 1.82) is 0 Å². The molecule has 2 heterocycles. The first-order chi connectivity index (χ1) is 12.9. The summed E-state index contributed by atoms with van der Waals surface area (Å²) in [5, 5.41) is 19.7. The summed E-state index contributed by atoms with van der Waals surface area (Å²) in [5.41, 5.74) is -3.92. The summed E-state index contributed by atoms with van der Waals surface area (Å²) in [6.07, 6.45) is -4.67. The number of aliphatic hydroxyl groups excluding tert-OH is 2. The molecule has 2 aliphatic heterocycles. The smallest absolute Gasteiger partial charge is 0.302 e. The van der Waals surface area contributed by atoms with Crippen molar-refractivity contribution >= 4 is 21.9 Å². The highest BCUT2D eigenvalue weighted by atomic mass is 32.2. The second-order valence-corrected chi connectivity index (χ2v) is 10.2. The van der Waals surface area contributed by atoms with Crippen LogP contribution in [-0.2, 0) is 33.9 Å². The topological polar surface area (TPSA) is 160 Å². The Hall–Kier alpha value is -1.11. The van der Waals surface area contributed by atoms with E-state index in [4.69, 9.17) is 14.2 Å². The van der Waals surface area contributed by atoms with Gasteiger partial charge >= 0.3 is 5.97 Å². The maximum atomic E-state index is 12.8. The van der Waals surface area contributed by atoms with Gasteiger partial charge in [-0.2, -0.15) is 8.42 Å². The SMILES string of the molecule is CC(=O)O[C@@H]1C[C@@]2(C)C3(CO3)[C@@H]1O[C@@H]1C(S(=O)(=O)O)[C@H](C)C(=O)[C@H](O)[C@@]12CO. The largest absolute Gasteiger partial charge is 0.460 e. The number of aliphatic hydroxyl groups is 2. The van der Waals surface area contributed by atoms with E-state index in [1.807, 2.05) is 0 Å². The quantitative estimate of drug-likeness (QED) is 0.284. The Labute approximate surface area is 161 Å². The Kier molecular flexibility index (Phi) is 4.13. The number of esters is 1. The van der Waals surface area contributed by atoms with Gasteiger partial charge in [-0.15, -0.1) is 0 Å². The van der Waals surface area contributed by atoms with Crippen LogP contribution < -0.4 is 0 Å². The van der Waals surface area contributed by atoms with Crippen LogP contribution in [-0.4, -0.2) is 83.4 Å². The summed E-state index contributed by atoms with van der Waals surface area (Å²) in [6.45, 7) is 3.61. The van der Waals surface area contributed by atoms with E-state index in [2.05, 4.69) is 0 Å². The summed E-state index contributed by atoms with van der Waals surface area (Å²) in [5.74, 6) is -2.63. The van der Waals surface area contributed by atoms with Crippen molar-refractivity contribution in [3.05, 3.63) is 0 Å². The van der Waals surface area contributed by atoms with E-state index in [1.54, 1.807) is 6.92 Å². The van der Waals surface area contributed by atoms with Crippen LogP contribution in [0.3, 0.4) is 0 Å². The van der Waals surface area contributed by atoms with E-state index in [1.165, 1.54) is 13.8 Å². The van der Waals surface area contributed by atoms with Crippen LogP contribution >= 0.6 is 0 Å². The molecule has 4 aliphatic rings. The standard InChI is InChI=1S/C17H24O10S/c1-7-10(20)12(21)16(5-18)14(11(7)28(22,23)24)27-13-9(26-8(2)19)4-15(16,3)17(13)6-25-17/h7,9,11-14,18,21H,4-6H2,1-3H3,(H,22,23,24)/t7-,9-,11?,12+,13-,14-,15-,16+,17?/m1/s1. The summed E-state index contributed by atoms with van der Waals surface area (Å²) in [4.78, 5) is 24.4. The molecule has 2 saturated heterocycles. The Morgan fingerprint density at radius 1 is 1.36 bits per heavy atom. The monoisotopic (exact) mass is 420 g/mol. The average molecular weight is 420 g/mol. The zero-order valence-corrected chi connectivity index (χ0v) is 16.5. The molecule has 0 aromatic carbocycles. The number of ketones is 1. The van der Waals surface area contributed by atoms with Gasteiger partial charge < -0.3 is 24.4 Å². The van der Waals surface area contributed by atoms with Gasteiger partial charge in [0.25, 0.3) is 10.1 Å². The van der Waals surface area contributed by atoms with Crippen molar-refractivity contribution in [3.63, 3.8) is 0 Å². The van der Waals surface area contributed by atoms with E-state index >= 15 is 0 Å². The molecule has 28 heavy (non-hydrogen) atoms. The van der Waals surface area contributed by atoms with Gasteiger partial charge in [0.1, 0.15) is 29.2 Å². The van der Waals surface area contributed by atoms with E-state index in [0.717, 1.165) is 0 Å². The fourth-order valence-electron chi connectivity index (χ4n) is 6.07. The maximum absolute atomic E-state index is 12.8. The summed E-state index contributed by atoms with van der Waals surface area (Å²) in [7, 11) is -4.77. The van der Waals surface area contributed by atoms with Gasteiger partial charge in [-0.1, -0.05) is 13.8 Å². The predicted molar refractivity (Wildman–Crippen MR) is 90.7 cm³/mol. The second-order valence-electron chi connectivity index (χ2n) is 8.61. The van der Waals surface area contributed by atoms with Gasteiger partial charge in [-0.25, -0.2) is 0 Å². The molecule has 3 N–H and O–H groups in total. The van der Waals surface area contributed by atoms with Crippen LogP contribution in [0.2, 0.25) is 0 Å². The summed E-state index contributed by atoms with van der Waals surface area (Å²) in [6, 6.07) is 0. The van der Waals surface area contributed by atoms with Gasteiger partial charge in [0.2, 0.25) is 0 Å². The van der Waals surface area contributed by atoms with Crippen molar-refractivity contribution < 1.29 is 47.0 Å².